The van der Waals surface area contributed by atoms with Gasteiger partial charge in [0, 0.05) is 0 Å². The van der Waals surface area contributed by atoms with Gasteiger partial charge in [-0.2, -0.15) is 0 Å². The summed E-state index contributed by atoms with van der Waals surface area (Å²) >= 11 is 0. The highest BCUT2D eigenvalue weighted by Gasteiger charge is 2.48. The van der Waals surface area contributed by atoms with Crippen molar-refractivity contribution in [3.05, 3.63) is 11.6 Å². The van der Waals surface area contributed by atoms with E-state index in [2.05, 4.69) is 10.8 Å². The van der Waals surface area contributed by atoms with Crippen LogP contribution in [0.5, 0.6) is 0 Å². The topological polar surface area (TPSA) is 43.4 Å². The maximum absolute atomic E-state index is 11.3. The van der Waals surface area contributed by atoms with Gasteiger partial charge in [0.15, 0.2) is 0 Å². The van der Waals surface area contributed by atoms with E-state index in [0.29, 0.717) is 6.42 Å². The van der Waals surface area contributed by atoms with Crippen molar-refractivity contribution in [2.75, 3.05) is 0 Å². The number of rotatable bonds is 0. The number of hydrogen-bond acceptors (Lipinski definition) is 3. The highest BCUT2D eigenvalue weighted by molar-refractivity contribution is 5.97. The Morgan fingerprint density at radius 2 is 2.08 bits per heavy atom. The summed E-state index contributed by atoms with van der Waals surface area (Å²) in [5.74, 6) is -0.984. The van der Waals surface area contributed by atoms with Crippen molar-refractivity contribution < 1.29 is 14.3 Å². The third-order valence-electron chi connectivity index (χ3n) is 2.87. The second-order valence-electron chi connectivity index (χ2n) is 3.95. The molecule has 1 aliphatic heterocycles. The van der Waals surface area contributed by atoms with Gasteiger partial charge in [0.05, 0.1) is 11.8 Å². The van der Waals surface area contributed by atoms with Crippen LogP contribution < -0.4 is 0 Å². The van der Waals surface area contributed by atoms with Gasteiger partial charge in [0.2, 0.25) is 0 Å². The first-order valence-electron chi connectivity index (χ1n) is 4.52. The van der Waals surface area contributed by atoms with Crippen molar-refractivity contribution in [3.8, 4) is 0 Å². The molecule has 1 heterocycles. The third-order valence-corrected chi connectivity index (χ3v) is 2.87. The molecule has 0 amide bonds. The molecular formula is C10H12O3. The molecule has 3 atom stereocenters. The Morgan fingerprint density at radius 1 is 1.38 bits per heavy atom. The van der Waals surface area contributed by atoms with E-state index in [4.69, 9.17) is 0 Å². The molecule has 2 rings (SSSR count). The maximum Gasteiger partial charge on any atom is 0.318 e. The Bertz CT molecular complexity index is 303. The average molecular weight is 180 g/mol. The highest BCUT2D eigenvalue weighted by Crippen LogP contribution is 2.39. The van der Waals surface area contributed by atoms with Gasteiger partial charge >= 0.3 is 11.9 Å². The number of esters is 2. The smallest absolute Gasteiger partial charge is 0.318 e. The number of fused-ring (bicyclic) bond motifs is 1. The van der Waals surface area contributed by atoms with Crippen LogP contribution >= 0.6 is 0 Å². The lowest BCUT2D eigenvalue weighted by Crippen LogP contribution is -2.27. The first-order valence-corrected chi connectivity index (χ1v) is 4.52. The lowest BCUT2D eigenvalue weighted by molar-refractivity contribution is -0.153. The van der Waals surface area contributed by atoms with E-state index in [-0.39, 0.29) is 29.7 Å². The zero-order valence-corrected chi connectivity index (χ0v) is 7.74. The lowest BCUT2D eigenvalue weighted by Gasteiger charge is -2.23. The van der Waals surface area contributed by atoms with Crippen LogP contribution in [0.25, 0.3) is 0 Å². The van der Waals surface area contributed by atoms with Gasteiger partial charge in [-0.15, -0.1) is 0 Å². The lowest BCUT2D eigenvalue weighted by atomic mass is 9.76. The van der Waals surface area contributed by atoms with Crippen LogP contribution in [0.1, 0.15) is 20.3 Å². The molecule has 2 aliphatic rings. The third kappa shape index (κ3) is 1.19. The Hall–Kier alpha value is -1.12. The molecule has 0 aromatic carbocycles. The molecule has 0 saturated carbocycles. The van der Waals surface area contributed by atoms with Crippen LogP contribution in [0.15, 0.2) is 11.6 Å². The standard InChI is InChI=1S/C10H12O3/c1-5-3-6(2)8-7(4-5)9(11)13-10(8)12/h3,6-8H,4H2,1-2H3/t6-,7-,8+/m1/s1. The first-order chi connectivity index (χ1) is 6.09. The minimum atomic E-state index is -0.341. The summed E-state index contributed by atoms with van der Waals surface area (Å²) in [6, 6.07) is 0. The van der Waals surface area contributed by atoms with Crippen molar-refractivity contribution in [2.24, 2.45) is 17.8 Å². The van der Waals surface area contributed by atoms with Gasteiger partial charge in [-0.25, -0.2) is 0 Å². The van der Waals surface area contributed by atoms with Crippen molar-refractivity contribution in [1.82, 2.24) is 0 Å². The largest absolute Gasteiger partial charge is 0.393 e. The number of ether oxygens (including phenoxy) is 1. The van der Waals surface area contributed by atoms with E-state index in [1.54, 1.807) is 0 Å². The molecule has 0 radical (unpaired) electrons. The molecule has 3 heteroatoms. The number of allylic oxidation sites excluding steroid dienone is 2. The van der Waals surface area contributed by atoms with Crippen molar-refractivity contribution >= 4 is 11.9 Å². The summed E-state index contributed by atoms with van der Waals surface area (Å²) in [5, 5.41) is 0. The Labute approximate surface area is 76.8 Å². The maximum atomic E-state index is 11.3. The van der Waals surface area contributed by atoms with E-state index < -0.39 is 0 Å². The molecule has 1 aliphatic carbocycles. The fraction of sp³-hybridized carbons (Fsp3) is 0.600. The van der Waals surface area contributed by atoms with Crippen LogP contribution in [-0.2, 0) is 14.3 Å². The summed E-state index contributed by atoms with van der Waals surface area (Å²) < 4.78 is 4.62. The van der Waals surface area contributed by atoms with Gasteiger partial charge in [0.1, 0.15) is 0 Å². The summed E-state index contributed by atoms with van der Waals surface area (Å²) in [6.07, 6.45) is 2.74. The van der Waals surface area contributed by atoms with Crippen LogP contribution in [0, 0.1) is 17.8 Å². The molecule has 13 heavy (non-hydrogen) atoms. The molecule has 0 spiro atoms. The van der Waals surface area contributed by atoms with Crippen LogP contribution in [-0.4, -0.2) is 11.9 Å². The van der Waals surface area contributed by atoms with E-state index in [0.717, 1.165) is 0 Å². The van der Waals surface area contributed by atoms with Crippen LogP contribution in [0.3, 0.4) is 0 Å². The van der Waals surface area contributed by atoms with Gasteiger partial charge in [0.25, 0.3) is 0 Å². The number of cyclic esters (lactones) is 2. The van der Waals surface area contributed by atoms with Crippen molar-refractivity contribution in [1.29, 1.82) is 0 Å². The fourth-order valence-corrected chi connectivity index (χ4v) is 2.31. The molecule has 3 nitrogen and oxygen atoms in total. The summed E-state index contributed by atoms with van der Waals surface area (Å²) in [6.45, 7) is 3.95. The minimum Gasteiger partial charge on any atom is -0.393 e. The van der Waals surface area contributed by atoms with Gasteiger partial charge in [-0.3, -0.25) is 9.59 Å². The molecule has 70 valence electrons. The predicted octanol–water partition coefficient (Wildman–Crippen LogP) is 1.29. The van der Waals surface area contributed by atoms with Gasteiger partial charge < -0.3 is 4.74 Å². The quantitative estimate of drug-likeness (QED) is 0.320. The normalized spacial score (nSPS) is 38.3. The molecule has 0 bridgehead atoms. The summed E-state index contributed by atoms with van der Waals surface area (Å²) in [4.78, 5) is 22.5. The Balaban J connectivity index is 2.34. The molecule has 1 saturated heterocycles. The molecule has 0 unspecified atom stereocenters. The Morgan fingerprint density at radius 3 is 2.77 bits per heavy atom. The number of carbonyl (C=O) groups excluding carboxylic acids is 2. The average Bonchev–Trinajstić information content (AvgIpc) is 2.27. The molecule has 0 N–H and O–H groups in total. The molecular weight excluding hydrogens is 168 g/mol. The number of hydrogen-bond donors (Lipinski definition) is 0. The van der Waals surface area contributed by atoms with E-state index in [1.165, 1.54) is 5.57 Å². The van der Waals surface area contributed by atoms with Crippen LogP contribution in [0.4, 0.5) is 0 Å². The fourth-order valence-electron chi connectivity index (χ4n) is 2.31. The second kappa shape index (κ2) is 2.69. The minimum absolute atomic E-state index is 0.137. The van der Waals surface area contributed by atoms with Gasteiger partial charge in [-0.1, -0.05) is 18.6 Å². The highest BCUT2D eigenvalue weighted by atomic mass is 16.6. The second-order valence-corrected chi connectivity index (χ2v) is 3.95. The molecule has 0 aromatic heterocycles. The van der Waals surface area contributed by atoms with E-state index in [9.17, 15) is 9.59 Å². The van der Waals surface area contributed by atoms with Crippen LogP contribution in [0.2, 0.25) is 0 Å². The predicted molar refractivity (Wildman–Crippen MR) is 45.6 cm³/mol. The van der Waals surface area contributed by atoms with Gasteiger partial charge in [-0.05, 0) is 19.3 Å². The molecule has 1 fully saturated rings. The monoisotopic (exact) mass is 180 g/mol. The first kappa shape index (κ1) is 8.48. The Kier molecular flexibility index (Phi) is 1.75. The summed E-state index contributed by atoms with van der Waals surface area (Å²) in [7, 11) is 0. The number of carbonyl (C=O) groups is 2. The molecule has 0 aromatic rings. The summed E-state index contributed by atoms with van der Waals surface area (Å²) in [5.41, 5.74) is 1.18. The SMILES string of the molecule is CC1=C[C@@H](C)[C@@H]2C(=O)OC(=O)[C@@H]2C1. The zero-order chi connectivity index (χ0) is 9.59. The van der Waals surface area contributed by atoms with Crippen molar-refractivity contribution in [2.45, 2.75) is 20.3 Å². The van der Waals surface area contributed by atoms with E-state index in [1.807, 2.05) is 13.8 Å². The zero-order valence-electron chi connectivity index (χ0n) is 7.74. The van der Waals surface area contributed by atoms with E-state index >= 15 is 0 Å². The van der Waals surface area contributed by atoms with Crippen molar-refractivity contribution in [3.63, 3.8) is 0 Å².